The smallest absolute Gasteiger partial charge is 0.407 e. The lowest BCUT2D eigenvalue weighted by Crippen LogP contribution is -2.37. The third kappa shape index (κ3) is 6.39. The van der Waals surface area contributed by atoms with E-state index in [0.29, 0.717) is 47.2 Å². The number of hydrogen-bond donors (Lipinski definition) is 2. The lowest BCUT2D eigenvalue weighted by atomic mass is 9.92. The van der Waals surface area contributed by atoms with Gasteiger partial charge in [-0.15, -0.1) is 0 Å². The molecule has 13 heteroatoms. The van der Waals surface area contributed by atoms with Gasteiger partial charge < -0.3 is 19.5 Å². The molecule has 1 aromatic heterocycles. The van der Waals surface area contributed by atoms with Crippen molar-refractivity contribution in [2.75, 3.05) is 18.4 Å². The number of anilines is 1. The number of carbonyl (C=O) groups excluding carboxylic acids is 1. The van der Waals surface area contributed by atoms with Crippen molar-refractivity contribution in [1.82, 2.24) is 9.88 Å². The minimum atomic E-state index is -4.26. The van der Waals surface area contributed by atoms with Gasteiger partial charge in [0, 0.05) is 25.6 Å². The van der Waals surface area contributed by atoms with Gasteiger partial charge >= 0.3 is 16.2 Å². The highest BCUT2D eigenvalue weighted by atomic mass is 35.5. The Balaban J connectivity index is 1.33. The molecule has 36 heavy (non-hydrogen) atoms. The second-order valence-electron chi connectivity index (χ2n) is 8.39. The van der Waals surface area contributed by atoms with E-state index in [1.807, 2.05) is 0 Å². The Morgan fingerprint density at radius 3 is 2.53 bits per heavy atom. The lowest BCUT2D eigenvalue weighted by molar-refractivity contribution is -0.116. The summed E-state index contributed by atoms with van der Waals surface area (Å²) >= 11 is 13.2. The molecule has 2 aromatic carbocycles. The number of hydrogen-bond acceptors (Lipinski definition) is 7. The first-order chi connectivity index (χ1) is 17.1. The van der Waals surface area contributed by atoms with Crippen molar-refractivity contribution >= 4 is 72.0 Å². The number of amides is 2. The molecule has 3 aromatic rings. The van der Waals surface area contributed by atoms with Gasteiger partial charge in [0.25, 0.3) is 0 Å². The van der Waals surface area contributed by atoms with Crippen molar-refractivity contribution in [3.8, 4) is 5.75 Å². The number of piperidine rings is 1. The summed E-state index contributed by atoms with van der Waals surface area (Å²) in [5.74, 6) is 0.324. The van der Waals surface area contributed by atoms with Gasteiger partial charge in [0.15, 0.2) is 5.13 Å². The summed E-state index contributed by atoms with van der Waals surface area (Å²) in [6.45, 7) is 1.08. The number of carboxylic acid groups (broad SMARTS) is 1. The van der Waals surface area contributed by atoms with Crippen LogP contribution in [0.25, 0.3) is 10.2 Å². The molecule has 0 bridgehead atoms. The highest BCUT2D eigenvalue weighted by molar-refractivity contribution is 7.87. The van der Waals surface area contributed by atoms with E-state index in [-0.39, 0.29) is 26.6 Å². The van der Waals surface area contributed by atoms with E-state index >= 15 is 0 Å². The first-order valence-electron chi connectivity index (χ1n) is 11.2. The summed E-state index contributed by atoms with van der Waals surface area (Å²) in [7, 11) is -4.26. The summed E-state index contributed by atoms with van der Waals surface area (Å²) in [6.07, 6.45) is 2.65. The molecule has 1 aliphatic rings. The fraction of sp³-hybridized carbons (Fsp3) is 0.348. The molecule has 0 aliphatic carbocycles. The number of aromatic nitrogens is 1. The number of carbonyl (C=O) groups is 2. The molecule has 9 nitrogen and oxygen atoms in total. The van der Waals surface area contributed by atoms with Crippen LogP contribution in [-0.2, 0) is 14.9 Å². The van der Waals surface area contributed by atoms with Gasteiger partial charge in [0.1, 0.15) is 10.6 Å². The third-order valence-corrected chi connectivity index (χ3v) is 9.02. The molecular formula is C23H23Cl2N3O6S2. The Kier molecular flexibility index (Phi) is 8.23. The summed E-state index contributed by atoms with van der Waals surface area (Å²) in [6, 6.07) is 8.94. The van der Waals surface area contributed by atoms with Crippen LogP contribution in [0.15, 0.2) is 41.3 Å². The maximum atomic E-state index is 12.7. The van der Waals surface area contributed by atoms with E-state index < -0.39 is 16.2 Å². The Hall–Kier alpha value is -2.60. The molecule has 192 valence electrons. The quantitative estimate of drug-likeness (QED) is 0.324. The van der Waals surface area contributed by atoms with Crippen molar-refractivity contribution in [2.45, 2.75) is 37.0 Å². The second-order valence-corrected chi connectivity index (χ2v) is 11.7. The molecule has 0 saturated carbocycles. The summed E-state index contributed by atoms with van der Waals surface area (Å²) < 4.78 is 31.3. The number of halogens is 2. The molecule has 0 radical (unpaired) electrons. The van der Waals surface area contributed by atoms with E-state index in [4.69, 9.17) is 32.5 Å². The molecule has 1 saturated heterocycles. The predicted molar refractivity (Wildman–Crippen MR) is 139 cm³/mol. The van der Waals surface area contributed by atoms with Crippen LogP contribution < -0.4 is 9.50 Å². The van der Waals surface area contributed by atoms with E-state index in [1.165, 1.54) is 46.6 Å². The Labute approximate surface area is 222 Å². The SMILES string of the molecule is O=C(CCCC1CCN(C(=O)O)CC1)Nc1nc2ccc(OS(=O)(=O)c3c(Cl)cccc3Cl)cc2s1. The van der Waals surface area contributed by atoms with E-state index in [0.717, 1.165) is 19.3 Å². The highest BCUT2D eigenvalue weighted by Crippen LogP contribution is 2.34. The fourth-order valence-corrected chi connectivity index (χ4v) is 6.97. The zero-order chi connectivity index (χ0) is 25.9. The average Bonchev–Trinajstić information content (AvgIpc) is 3.20. The van der Waals surface area contributed by atoms with Crippen LogP contribution in [-0.4, -0.2) is 48.5 Å². The van der Waals surface area contributed by atoms with Gasteiger partial charge in [0.05, 0.1) is 20.3 Å². The normalized spacial score (nSPS) is 14.7. The van der Waals surface area contributed by atoms with Crippen LogP contribution in [0.5, 0.6) is 5.75 Å². The number of rotatable bonds is 8. The lowest BCUT2D eigenvalue weighted by Gasteiger charge is -2.29. The zero-order valence-corrected chi connectivity index (χ0v) is 22.1. The molecule has 2 amide bonds. The van der Waals surface area contributed by atoms with Crippen LogP contribution in [0.4, 0.5) is 9.93 Å². The summed E-state index contributed by atoms with van der Waals surface area (Å²) in [5.41, 5.74) is 0.584. The largest absolute Gasteiger partial charge is 0.465 e. The van der Waals surface area contributed by atoms with Gasteiger partial charge in [-0.05, 0) is 55.9 Å². The highest BCUT2D eigenvalue weighted by Gasteiger charge is 2.25. The van der Waals surface area contributed by atoms with Gasteiger partial charge in [-0.2, -0.15) is 8.42 Å². The van der Waals surface area contributed by atoms with Crippen LogP contribution in [0, 0.1) is 5.92 Å². The standard InChI is InChI=1S/C23H23Cl2N3O6S2/c24-16-4-2-5-17(25)21(16)36(32,33)34-15-7-8-18-19(13-15)35-22(26-18)27-20(29)6-1-3-14-9-11-28(12-10-14)23(30)31/h2,4-5,7-8,13-14H,1,3,6,9-12H2,(H,30,31)(H,26,27,29). The van der Waals surface area contributed by atoms with Crippen molar-refractivity contribution in [1.29, 1.82) is 0 Å². The zero-order valence-electron chi connectivity index (χ0n) is 18.9. The molecular weight excluding hydrogens is 549 g/mol. The fourth-order valence-electron chi connectivity index (χ4n) is 4.05. The topological polar surface area (TPSA) is 126 Å². The van der Waals surface area contributed by atoms with Crippen LogP contribution in [0.2, 0.25) is 10.0 Å². The first-order valence-corrected chi connectivity index (χ1v) is 14.2. The van der Waals surface area contributed by atoms with Gasteiger partial charge in [0.2, 0.25) is 5.91 Å². The van der Waals surface area contributed by atoms with Gasteiger partial charge in [-0.25, -0.2) is 9.78 Å². The molecule has 0 atom stereocenters. The molecule has 2 N–H and O–H groups in total. The predicted octanol–water partition coefficient (Wildman–Crippen LogP) is 5.87. The van der Waals surface area contributed by atoms with Crippen molar-refractivity contribution < 1.29 is 27.3 Å². The van der Waals surface area contributed by atoms with Gasteiger partial charge in [-0.3, -0.25) is 4.79 Å². The monoisotopic (exact) mass is 571 g/mol. The minimum Gasteiger partial charge on any atom is -0.465 e. The molecule has 0 spiro atoms. The Morgan fingerprint density at radius 2 is 1.86 bits per heavy atom. The Morgan fingerprint density at radius 1 is 1.17 bits per heavy atom. The third-order valence-electron chi connectivity index (χ3n) is 5.88. The van der Waals surface area contributed by atoms with E-state index in [9.17, 15) is 18.0 Å². The molecule has 1 aliphatic heterocycles. The first kappa shape index (κ1) is 26.5. The van der Waals surface area contributed by atoms with E-state index in [2.05, 4.69) is 10.3 Å². The molecule has 4 rings (SSSR count). The Bertz CT molecular complexity index is 1370. The number of thiazole rings is 1. The van der Waals surface area contributed by atoms with Crippen LogP contribution >= 0.6 is 34.5 Å². The number of fused-ring (bicyclic) bond motifs is 1. The van der Waals surface area contributed by atoms with Gasteiger partial charge in [-0.1, -0.05) is 40.6 Å². The van der Waals surface area contributed by atoms with Crippen LogP contribution in [0.3, 0.4) is 0 Å². The molecule has 2 heterocycles. The number of benzene rings is 2. The summed E-state index contributed by atoms with van der Waals surface area (Å²) in [5, 5.41) is 12.1. The van der Waals surface area contributed by atoms with Crippen molar-refractivity contribution in [3.05, 3.63) is 46.4 Å². The van der Waals surface area contributed by atoms with Crippen molar-refractivity contribution in [2.24, 2.45) is 5.92 Å². The average molecular weight is 572 g/mol. The maximum absolute atomic E-state index is 12.7. The second kappa shape index (κ2) is 11.2. The van der Waals surface area contributed by atoms with Crippen LogP contribution in [0.1, 0.15) is 32.1 Å². The van der Waals surface area contributed by atoms with Crippen molar-refractivity contribution in [3.63, 3.8) is 0 Å². The molecule has 0 unspecified atom stereocenters. The number of nitrogens with zero attached hydrogens (tertiary/aromatic N) is 2. The summed E-state index contributed by atoms with van der Waals surface area (Å²) in [4.78, 5) is 28.9. The molecule has 1 fully saturated rings. The maximum Gasteiger partial charge on any atom is 0.407 e. The van der Waals surface area contributed by atoms with E-state index in [1.54, 1.807) is 6.07 Å². The minimum absolute atomic E-state index is 0.0444. The number of likely N-dealkylation sites (tertiary alicyclic amines) is 1. The number of nitrogens with one attached hydrogen (secondary N) is 1.